The molecule has 0 bridgehead atoms. The molecule has 0 radical (unpaired) electrons. The predicted octanol–water partition coefficient (Wildman–Crippen LogP) is 3.89. The van der Waals surface area contributed by atoms with Gasteiger partial charge in [-0.1, -0.05) is 24.3 Å². The number of rotatable bonds is 9. The summed E-state index contributed by atoms with van der Waals surface area (Å²) in [5.41, 5.74) is 8.62. The maximum atomic E-state index is 14.6. The van der Waals surface area contributed by atoms with Crippen molar-refractivity contribution >= 4 is 45.2 Å². The number of carbonyl (C=O) groups is 1. The van der Waals surface area contributed by atoms with Gasteiger partial charge in [-0.3, -0.25) is 9.10 Å². The van der Waals surface area contributed by atoms with Gasteiger partial charge in [0.1, 0.15) is 23.0 Å². The Bertz CT molecular complexity index is 1770. The molecule has 4 aromatic rings. The number of nitrogens with zero attached hydrogens (tertiary/aromatic N) is 1. The van der Waals surface area contributed by atoms with Gasteiger partial charge in [0.05, 0.1) is 23.6 Å². The van der Waals surface area contributed by atoms with Gasteiger partial charge in [-0.15, -0.1) is 0 Å². The van der Waals surface area contributed by atoms with Crippen LogP contribution in [0.4, 0.5) is 14.5 Å². The first-order valence-corrected chi connectivity index (χ1v) is 15.1. The molecule has 1 fully saturated rings. The van der Waals surface area contributed by atoms with Gasteiger partial charge in [0.25, 0.3) is 5.91 Å². The average molecular weight is 580 g/mol. The summed E-state index contributed by atoms with van der Waals surface area (Å²) in [6.07, 6.45) is 2.21. The Balaban J connectivity index is 1.40. The van der Waals surface area contributed by atoms with E-state index in [9.17, 15) is 27.0 Å². The topological polar surface area (TPSA) is 123 Å². The highest BCUT2D eigenvalue weighted by Crippen LogP contribution is 2.47. The quantitative estimate of drug-likeness (QED) is 0.290. The van der Waals surface area contributed by atoms with E-state index < -0.39 is 40.8 Å². The van der Waals surface area contributed by atoms with Crippen LogP contribution in [0.1, 0.15) is 64.1 Å². The van der Waals surface area contributed by atoms with E-state index in [0.717, 1.165) is 24.7 Å². The van der Waals surface area contributed by atoms with Gasteiger partial charge in [0, 0.05) is 30.0 Å². The molecule has 0 saturated heterocycles. The molecule has 212 valence electrons. The Hall–Kier alpha value is -3.74. The van der Waals surface area contributed by atoms with Gasteiger partial charge in [-0.2, -0.15) is 0 Å². The van der Waals surface area contributed by atoms with Crippen LogP contribution in [0.3, 0.4) is 0 Å². The molecule has 41 heavy (non-hydrogen) atoms. The largest absolute Gasteiger partial charge is 0.492 e. The van der Waals surface area contributed by atoms with Gasteiger partial charge in [0.2, 0.25) is 10.0 Å². The number of sulfonamides is 1. The van der Waals surface area contributed by atoms with Crippen molar-refractivity contribution in [2.75, 3.05) is 17.1 Å². The van der Waals surface area contributed by atoms with Gasteiger partial charge < -0.3 is 19.8 Å². The summed E-state index contributed by atoms with van der Waals surface area (Å²) >= 11 is 0. The first-order valence-electron chi connectivity index (χ1n) is 13.2. The smallest absolute Gasteiger partial charge is 0.460 e. The third kappa shape index (κ3) is 5.23. The predicted molar refractivity (Wildman–Crippen MR) is 151 cm³/mol. The molecule has 12 heteroatoms. The molecule has 0 spiro atoms. The monoisotopic (exact) mass is 580 g/mol. The fraction of sp³-hybridized carbons (Fsp3) is 0.276. The molecule has 3 N–H and O–H groups in total. The van der Waals surface area contributed by atoms with Crippen LogP contribution in [0.25, 0.3) is 11.0 Å². The number of primary amides is 1. The van der Waals surface area contributed by atoms with Gasteiger partial charge in [-0.25, -0.2) is 17.2 Å². The third-order valence-electron chi connectivity index (χ3n) is 7.68. The normalized spacial score (nSPS) is 16.8. The van der Waals surface area contributed by atoms with Crippen molar-refractivity contribution in [3.63, 3.8) is 0 Å². The molecule has 2 aliphatic rings. The number of benzene rings is 3. The van der Waals surface area contributed by atoms with E-state index in [2.05, 4.69) is 0 Å². The number of nitrogens with two attached hydrogens (primary N) is 1. The molecular formula is C29H27BF2N2O6S. The molecule has 3 aromatic carbocycles. The fourth-order valence-corrected chi connectivity index (χ4v) is 6.59. The van der Waals surface area contributed by atoms with Gasteiger partial charge in [0.15, 0.2) is 0 Å². The Morgan fingerprint density at radius 3 is 2.54 bits per heavy atom. The maximum absolute atomic E-state index is 14.6. The zero-order chi connectivity index (χ0) is 29.1. The Morgan fingerprint density at radius 1 is 1.15 bits per heavy atom. The molecule has 6 rings (SSSR count). The molecule has 1 unspecified atom stereocenters. The van der Waals surface area contributed by atoms with Crippen LogP contribution in [0.15, 0.2) is 59.0 Å². The van der Waals surface area contributed by atoms with E-state index in [-0.39, 0.29) is 42.0 Å². The molecule has 1 atom stereocenters. The van der Waals surface area contributed by atoms with E-state index >= 15 is 0 Å². The number of halogens is 2. The Labute approximate surface area is 235 Å². The van der Waals surface area contributed by atoms with Crippen molar-refractivity contribution in [3.8, 4) is 0 Å². The minimum atomic E-state index is -3.83. The summed E-state index contributed by atoms with van der Waals surface area (Å²) in [6, 6.07) is 13.5. The number of anilines is 1. The third-order valence-corrected chi connectivity index (χ3v) is 8.86. The van der Waals surface area contributed by atoms with E-state index in [1.807, 2.05) is 0 Å². The molecular weight excluding hydrogens is 553 g/mol. The number of furan rings is 1. The molecule has 1 aliphatic heterocycles. The summed E-state index contributed by atoms with van der Waals surface area (Å²) in [7, 11) is -5.13. The first-order chi connectivity index (χ1) is 19.5. The lowest BCUT2D eigenvalue weighted by Crippen LogP contribution is -2.32. The van der Waals surface area contributed by atoms with Crippen molar-refractivity contribution in [1.82, 2.24) is 0 Å². The SMILES string of the molecule is CS(=O)(=O)N(CCC1OB(O)c2cccc(F)c21)c1cc2oc(Cc3ccc(F)cc3)c(C(N)=O)c2cc1C1CC1. The summed E-state index contributed by atoms with van der Waals surface area (Å²) in [5, 5.41) is 10.7. The van der Waals surface area contributed by atoms with Crippen molar-refractivity contribution in [2.45, 2.75) is 37.7 Å². The van der Waals surface area contributed by atoms with E-state index in [1.54, 1.807) is 30.3 Å². The standard InChI is InChI=1S/C29H27BF2N2O6S/c1-41(37,38)34(12-11-24-28-21(30(36)40-24)3-2-4-22(28)32)23-15-25-20(14-19(23)17-7-8-17)27(29(33)35)26(39-25)13-16-5-9-18(31)10-6-16/h2-6,9-10,14-15,17,24,36H,7-8,11-13H2,1H3,(H2,33,35). The second-order valence-electron chi connectivity index (χ2n) is 10.6. The highest BCUT2D eigenvalue weighted by Gasteiger charge is 2.38. The summed E-state index contributed by atoms with van der Waals surface area (Å²) in [6.45, 7) is -0.0545. The van der Waals surface area contributed by atoms with Crippen LogP contribution in [-0.2, 0) is 21.1 Å². The summed E-state index contributed by atoms with van der Waals surface area (Å²) in [4.78, 5) is 12.6. The zero-order valence-corrected chi connectivity index (χ0v) is 23.0. The van der Waals surface area contributed by atoms with Crippen LogP contribution >= 0.6 is 0 Å². The lowest BCUT2D eigenvalue weighted by atomic mass is 9.79. The Kier molecular flexibility index (Phi) is 6.87. The van der Waals surface area contributed by atoms with Gasteiger partial charge >= 0.3 is 7.12 Å². The molecule has 1 aromatic heterocycles. The van der Waals surface area contributed by atoms with E-state index in [0.29, 0.717) is 27.9 Å². The van der Waals surface area contributed by atoms with Crippen LogP contribution in [0.2, 0.25) is 0 Å². The van der Waals surface area contributed by atoms with Gasteiger partial charge in [-0.05, 0) is 66.0 Å². The second kappa shape index (κ2) is 10.3. The molecule has 1 amide bonds. The molecule has 1 saturated carbocycles. The van der Waals surface area contributed by atoms with Crippen molar-refractivity contribution in [3.05, 3.63) is 94.2 Å². The minimum absolute atomic E-state index is 0.0545. The Morgan fingerprint density at radius 2 is 1.88 bits per heavy atom. The fourth-order valence-electron chi connectivity index (χ4n) is 5.64. The van der Waals surface area contributed by atoms with Crippen molar-refractivity contribution < 1.29 is 36.1 Å². The maximum Gasteiger partial charge on any atom is 0.492 e. The molecule has 1 aliphatic carbocycles. The van der Waals surface area contributed by atoms with Crippen LogP contribution in [0, 0.1) is 11.6 Å². The van der Waals surface area contributed by atoms with Crippen LogP contribution in [0.5, 0.6) is 0 Å². The van der Waals surface area contributed by atoms with E-state index in [1.165, 1.54) is 28.6 Å². The molecule has 2 heterocycles. The zero-order valence-electron chi connectivity index (χ0n) is 22.1. The first kappa shape index (κ1) is 27.4. The highest BCUT2D eigenvalue weighted by molar-refractivity contribution is 7.92. The van der Waals surface area contributed by atoms with Crippen molar-refractivity contribution in [2.24, 2.45) is 5.73 Å². The number of carbonyl (C=O) groups excluding carboxylic acids is 1. The number of hydrogen-bond donors (Lipinski definition) is 2. The van der Waals surface area contributed by atoms with Crippen LogP contribution in [-0.4, -0.2) is 39.3 Å². The lowest BCUT2D eigenvalue weighted by Gasteiger charge is -2.26. The summed E-state index contributed by atoms with van der Waals surface area (Å²) in [5.74, 6) is -1.23. The number of hydrogen-bond acceptors (Lipinski definition) is 6. The van der Waals surface area contributed by atoms with Crippen LogP contribution < -0.4 is 15.5 Å². The second-order valence-corrected chi connectivity index (χ2v) is 12.5. The number of amides is 1. The number of fused-ring (bicyclic) bond motifs is 2. The highest BCUT2D eigenvalue weighted by atomic mass is 32.2. The van der Waals surface area contributed by atoms with E-state index in [4.69, 9.17) is 14.8 Å². The average Bonchev–Trinajstić information content (AvgIpc) is 3.61. The minimum Gasteiger partial charge on any atom is -0.460 e. The summed E-state index contributed by atoms with van der Waals surface area (Å²) < 4.78 is 67.2. The lowest BCUT2D eigenvalue weighted by molar-refractivity contribution is 0.1000. The van der Waals surface area contributed by atoms with Crippen molar-refractivity contribution in [1.29, 1.82) is 0 Å². The molecule has 8 nitrogen and oxygen atoms in total.